The summed E-state index contributed by atoms with van der Waals surface area (Å²) in [6.07, 6.45) is 4.98. The van der Waals surface area contributed by atoms with Crippen LogP contribution in [0.2, 0.25) is 0 Å². The molecule has 128 valence electrons. The Morgan fingerprint density at radius 2 is 2.04 bits per heavy atom. The SMILES string of the molecule is CCc1nc2oc3ccc(C4CCCC4)nc3c(=O)c2cc1C(=O)O. The number of aromatic nitrogens is 2. The van der Waals surface area contributed by atoms with Crippen molar-refractivity contribution in [3.05, 3.63) is 45.4 Å². The van der Waals surface area contributed by atoms with Crippen LogP contribution in [0, 0.1) is 0 Å². The molecule has 6 heteroatoms. The zero-order valence-electron chi connectivity index (χ0n) is 13.9. The van der Waals surface area contributed by atoms with Crippen molar-refractivity contribution in [2.45, 2.75) is 44.9 Å². The van der Waals surface area contributed by atoms with Crippen LogP contribution in [0.25, 0.3) is 22.2 Å². The van der Waals surface area contributed by atoms with E-state index >= 15 is 0 Å². The van der Waals surface area contributed by atoms with Crippen molar-refractivity contribution in [3.8, 4) is 0 Å². The summed E-state index contributed by atoms with van der Waals surface area (Å²) in [4.78, 5) is 33.1. The zero-order valence-corrected chi connectivity index (χ0v) is 13.9. The molecule has 0 saturated heterocycles. The van der Waals surface area contributed by atoms with E-state index in [1.165, 1.54) is 18.9 Å². The molecule has 3 aromatic heterocycles. The van der Waals surface area contributed by atoms with E-state index in [0.717, 1.165) is 18.5 Å². The molecular formula is C19H18N2O4. The van der Waals surface area contributed by atoms with Gasteiger partial charge in [0.15, 0.2) is 11.1 Å². The van der Waals surface area contributed by atoms with E-state index in [9.17, 15) is 14.7 Å². The van der Waals surface area contributed by atoms with Crippen LogP contribution in [-0.2, 0) is 6.42 Å². The number of aromatic carboxylic acids is 1. The van der Waals surface area contributed by atoms with Crippen molar-refractivity contribution in [3.63, 3.8) is 0 Å². The zero-order chi connectivity index (χ0) is 17.6. The molecule has 0 aliphatic heterocycles. The number of carboxylic acid groups (broad SMARTS) is 1. The van der Waals surface area contributed by atoms with E-state index in [1.54, 1.807) is 6.07 Å². The van der Waals surface area contributed by atoms with E-state index in [2.05, 4.69) is 9.97 Å². The molecule has 1 aliphatic carbocycles. The predicted octanol–water partition coefficient (Wildman–Crippen LogP) is 3.65. The summed E-state index contributed by atoms with van der Waals surface area (Å²) in [5.41, 5.74) is 1.82. The molecule has 1 saturated carbocycles. The molecule has 4 rings (SSSR count). The van der Waals surface area contributed by atoms with Gasteiger partial charge in [0.2, 0.25) is 11.1 Å². The second kappa shape index (κ2) is 5.95. The van der Waals surface area contributed by atoms with Gasteiger partial charge in [0.25, 0.3) is 0 Å². The fourth-order valence-electron chi connectivity index (χ4n) is 3.61. The van der Waals surface area contributed by atoms with E-state index < -0.39 is 5.97 Å². The highest BCUT2D eigenvalue weighted by atomic mass is 16.4. The lowest BCUT2D eigenvalue weighted by Gasteiger charge is -2.10. The van der Waals surface area contributed by atoms with E-state index in [-0.39, 0.29) is 27.6 Å². The van der Waals surface area contributed by atoms with Gasteiger partial charge in [-0.05, 0) is 37.5 Å². The Kier molecular flexibility index (Phi) is 3.75. The Labute approximate surface area is 143 Å². The molecule has 6 nitrogen and oxygen atoms in total. The predicted molar refractivity (Wildman–Crippen MR) is 93.1 cm³/mol. The largest absolute Gasteiger partial charge is 0.478 e. The number of nitrogens with zero attached hydrogens (tertiary/aromatic N) is 2. The van der Waals surface area contributed by atoms with Gasteiger partial charge in [0.05, 0.1) is 16.6 Å². The van der Waals surface area contributed by atoms with Crippen LogP contribution in [0.3, 0.4) is 0 Å². The second-order valence-corrected chi connectivity index (χ2v) is 6.49. The minimum Gasteiger partial charge on any atom is -0.478 e. The van der Waals surface area contributed by atoms with Crippen molar-refractivity contribution >= 4 is 28.2 Å². The number of carbonyl (C=O) groups is 1. The summed E-state index contributed by atoms with van der Waals surface area (Å²) in [5.74, 6) is -0.715. The summed E-state index contributed by atoms with van der Waals surface area (Å²) >= 11 is 0. The fraction of sp³-hybridized carbons (Fsp3) is 0.368. The number of aryl methyl sites for hydroxylation is 1. The molecule has 0 spiro atoms. The maximum atomic E-state index is 12.9. The third kappa shape index (κ3) is 2.58. The van der Waals surface area contributed by atoms with Gasteiger partial charge in [0, 0.05) is 11.6 Å². The Hall–Kier alpha value is -2.76. The number of fused-ring (bicyclic) bond motifs is 2. The van der Waals surface area contributed by atoms with Crippen LogP contribution >= 0.6 is 0 Å². The monoisotopic (exact) mass is 338 g/mol. The molecule has 0 radical (unpaired) electrons. The first kappa shape index (κ1) is 15.7. The third-order valence-electron chi connectivity index (χ3n) is 4.95. The molecule has 1 N–H and O–H groups in total. The maximum absolute atomic E-state index is 12.9. The third-order valence-corrected chi connectivity index (χ3v) is 4.95. The number of hydrogen-bond donors (Lipinski definition) is 1. The molecule has 3 heterocycles. The highest BCUT2D eigenvalue weighted by molar-refractivity contribution is 5.94. The molecule has 0 unspecified atom stereocenters. The van der Waals surface area contributed by atoms with Crippen molar-refractivity contribution in [2.24, 2.45) is 0 Å². The van der Waals surface area contributed by atoms with E-state index in [0.29, 0.717) is 23.6 Å². The summed E-state index contributed by atoms with van der Waals surface area (Å²) < 4.78 is 5.76. The number of pyridine rings is 2. The molecule has 3 aromatic rings. The molecule has 0 bridgehead atoms. The quantitative estimate of drug-likeness (QED) is 0.733. The molecule has 0 amide bonds. The first-order valence-electron chi connectivity index (χ1n) is 8.59. The standard InChI is InChI=1S/C19H18N2O4/c1-2-13-11(19(23)24)9-12-17(22)16-15(25-18(12)21-13)8-7-14(20-16)10-5-3-4-6-10/h7-10H,2-6H2,1H3,(H,23,24). The molecule has 25 heavy (non-hydrogen) atoms. The van der Waals surface area contributed by atoms with Gasteiger partial charge in [-0.25, -0.2) is 14.8 Å². The Morgan fingerprint density at radius 1 is 1.28 bits per heavy atom. The Bertz CT molecular complexity index is 1050. The number of hydrogen-bond acceptors (Lipinski definition) is 5. The highest BCUT2D eigenvalue weighted by Crippen LogP contribution is 2.33. The van der Waals surface area contributed by atoms with Gasteiger partial charge in [-0.1, -0.05) is 19.8 Å². The summed E-state index contributed by atoms with van der Waals surface area (Å²) in [6.45, 7) is 1.81. The minimum atomic E-state index is -1.10. The first-order chi connectivity index (χ1) is 12.1. The van der Waals surface area contributed by atoms with E-state index in [1.807, 2.05) is 13.0 Å². The molecular weight excluding hydrogens is 320 g/mol. The summed E-state index contributed by atoms with van der Waals surface area (Å²) in [6, 6.07) is 5.05. The number of rotatable bonds is 3. The average Bonchev–Trinajstić information content (AvgIpc) is 3.15. The van der Waals surface area contributed by atoms with Gasteiger partial charge >= 0.3 is 5.97 Å². The van der Waals surface area contributed by atoms with Gasteiger partial charge in [-0.3, -0.25) is 4.79 Å². The lowest BCUT2D eigenvalue weighted by atomic mass is 10.0. The van der Waals surface area contributed by atoms with Gasteiger partial charge in [0.1, 0.15) is 0 Å². The van der Waals surface area contributed by atoms with Crippen LogP contribution in [0.5, 0.6) is 0 Å². The Balaban J connectivity index is 1.98. The lowest BCUT2D eigenvalue weighted by molar-refractivity contribution is 0.0695. The lowest BCUT2D eigenvalue weighted by Crippen LogP contribution is -2.11. The maximum Gasteiger partial charge on any atom is 0.337 e. The van der Waals surface area contributed by atoms with E-state index in [4.69, 9.17) is 4.42 Å². The van der Waals surface area contributed by atoms with Crippen molar-refractivity contribution < 1.29 is 14.3 Å². The molecule has 1 aliphatic rings. The van der Waals surface area contributed by atoms with Crippen molar-refractivity contribution in [1.82, 2.24) is 9.97 Å². The second-order valence-electron chi connectivity index (χ2n) is 6.49. The smallest absolute Gasteiger partial charge is 0.337 e. The normalized spacial score (nSPS) is 15.2. The fourth-order valence-corrected chi connectivity index (χ4v) is 3.61. The molecule has 0 atom stereocenters. The van der Waals surface area contributed by atoms with Crippen LogP contribution in [0.4, 0.5) is 0 Å². The Morgan fingerprint density at radius 3 is 2.72 bits per heavy atom. The van der Waals surface area contributed by atoms with Crippen molar-refractivity contribution in [2.75, 3.05) is 0 Å². The van der Waals surface area contributed by atoms with Crippen LogP contribution < -0.4 is 5.43 Å². The first-order valence-corrected chi connectivity index (χ1v) is 8.59. The van der Waals surface area contributed by atoms with Crippen LogP contribution in [0.1, 0.15) is 60.3 Å². The number of carboxylic acids is 1. The van der Waals surface area contributed by atoms with Crippen LogP contribution in [-0.4, -0.2) is 21.0 Å². The van der Waals surface area contributed by atoms with Gasteiger partial charge in [-0.15, -0.1) is 0 Å². The summed E-state index contributed by atoms with van der Waals surface area (Å²) in [7, 11) is 0. The topological polar surface area (TPSA) is 93.3 Å². The van der Waals surface area contributed by atoms with Gasteiger partial charge < -0.3 is 9.52 Å². The highest BCUT2D eigenvalue weighted by Gasteiger charge is 2.21. The average molecular weight is 338 g/mol. The van der Waals surface area contributed by atoms with Crippen LogP contribution in [0.15, 0.2) is 27.4 Å². The summed E-state index contributed by atoms with van der Waals surface area (Å²) in [5, 5.41) is 9.52. The minimum absolute atomic E-state index is 0.0357. The molecule has 1 fully saturated rings. The van der Waals surface area contributed by atoms with Gasteiger partial charge in [-0.2, -0.15) is 0 Å². The van der Waals surface area contributed by atoms with Crippen molar-refractivity contribution in [1.29, 1.82) is 0 Å². The molecule has 0 aromatic carbocycles.